The monoisotopic (exact) mass is 300 g/mol. The van der Waals surface area contributed by atoms with Gasteiger partial charge >= 0.3 is 5.97 Å². The Bertz CT molecular complexity index is 797. The third-order valence-corrected chi connectivity index (χ3v) is 3.53. The first-order valence-electron chi connectivity index (χ1n) is 6.59. The van der Waals surface area contributed by atoms with Crippen LogP contribution in [0.25, 0.3) is 16.9 Å². The summed E-state index contributed by atoms with van der Waals surface area (Å²) in [6.07, 6.45) is 2.23. The van der Waals surface area contributed by atoms with Crippen molar-refractivity contribution in [3.8, 4) is 11.3 Å². The number of carbonyl (C=O) groups is 1. The molecule has 106 valence electrons. The summed E-state index contributed by atoms with van der Waals surface area (Å²) in [5.41, 5.74) is 3.40. The van der Waals surface area contributed by atoms with E-state index < -0.39 is 5.97 Å². The molecule has 2 heterocycles. The molecule has 3 rings (SSSR count). The van der Waals surface area contributed by atoms with Crippen molar-refractivity contribution < 1.29 is 9.90 Å². The molecule has 0 amide bonds. The molecule has 0 unspecified atom stereocenters. The number of pyridine rings is 1. The summed E-state index contributed by atoms with van der Waals surface area (Å²) < 4.78 is 1.87. The average molecular weight is 301 g/mol. The van der Waals surface area contributed by atoms with Gasteiger partial charge in [-0.1, -0.05) is 41.9 Å². The molecule has 1 N–H and O–H groups in total. The van der Waals surface area contributed by atoms with E-state index in [-0.39, 0.29) is 6.42 Å². The second-order valence-electron chi connectivity index (χ2n) is 4.74. The van der Waals surface area contributed by atoms with Crippen molar-refractivity contribution in [1.82, 2.24) is 9.38 Å². The fourth-order valence-corrected chi connectivity index (χ4v) is 2.52. The number of fused-ring (bicyclic) bond motifs is 1. The van der Waals surface area contributed by atoms with E-state index in [9.17, 15) is 4.79 Å². The number of aryl methyl sites for hydroxylation is 1. The van der Waals surface area contributed by atoms with E-state index in [0.29, 0.717) is 11.4 Å². The van der Waals surface area contributed by atoms with E-state index in [1.807, 2.05) is 40.8 Å². The summed E-state index contributed by atoms with van der Waals surface area (Å²) >= 11 is 6.04. The third-order valence-electron chi connectivity index (χ3n) is 3.30. The summed E-state index contributed by atoms with van der Waals surface area (Å²) in [4.78, 5) is 15.5. The maximum absolute atomic E-state index is 10.9. The van der Waals surface area contributed by atoms with E-state index >= 15 is 0 Å². The van der Waals surface area contributed by atoms with Crippen LogP contribution in [-0.4, -0.2) is 20.5 Å². The Morgan fingerprint density at radius 2 is 1.95 bits per heavy atom. The van der Waals surface area contributed by atoms with Gasteiger partial charge in [-0.2, -0.15) is 0 Å². The van der Waals surface area contributed by atoms with Crippen molar-refractivity contribution in [3.63, 3.8) is 0 Å². The second kappa shape index (κ2) is 5.58. The molecule has 0 spiro atoms. The molecule has 2 aromatic heterocycles. The van der Waals surface area contributed by atoms with Crippen LogP contribution in [0.15, 0.2) is 48.7 Å². The number of aromatic nitrogens is 2. The summed E-state index contributed by atoms with van der Waals surface area (Å²) in [5.74, 6) is -0.828. The molecule has 5 heteroatoms. The van der Waals surface area contributed by atoms with Crippen LogP contribution in [0.2, 0.25) is 5.02 Å². The Kier molecular flexibility index (Phi) is 3.62. The number of nitrogens with zero attached hydrogens (tertiary/aromatic N) is 2. The normalized spacial score (nSPS) is 10.9. The van der Waals surface area contributed by atoms with Gasteiger partial charge in [-0.05, 0) is 12.1 Å². The highest BCUT2D eigenvalue weighted by Crippen LogP contribution is 2.26. The maximum Gasteiger partial charge on any atom is 0.303 e. The van der Waals surface area contributed by atoms with Crippen LogP contribution >= 0.6 is 11.6 Å². The molecule has 0 bridgehead atoms. The van der Waals surface area contributed by atoms with Gasteiger partial charge in [0, 0.05) is 18.2 Å². The zero-order valence-electron chi connectivity index (χ0n) is 11.2. The number of rotatable bonds is 4. The Morgan fingerprint density at radius 1 is 1.19 bits per heavy atom. The minimum absolute atomic E-state index is 0.0557. The minimum Gasteiger partial charge on any atom is -0.481 e. The smallest absolute Gasteiger partial charge is 0.303 e. The number of hydrogen-bond donors (Lipinski definition) is 1. The fourth-order valence-electron chi connectivity index (χ4n) is 2.36. The molecule has 0 aliphatic rings. The lowest BCUT2D eigenvalue weighted by atomic mass is 10.1. The van der Waals surface area contributed by atoms with Gasteiger partial charge in [0.15, 0.2) is 0 Å². The van der Waals surface area contributed by atoms with Crippen molar-refractivity contribution in [2.45, 2.75) is 12.8 Å². The SMILES string of the molecule is O=C(O)CCc1c(-c2ccccc2)nc2ccc(Cl)cn12. The van der Waals surface area contributed by atoms with Crippen molar-refractivity contribution in [2.24, 2.45) is 0 Å². The van der Waals surface area contributed by atoms with E-state index in [4.69, 9.17) is 16.7 Å². The topological polar surface area (TPSA) is 54.6 Å². The van der Waals surface area contributed by atoms with Gasteiger partial charge in [-0.3, -0.25) is 4.79 Å². The van der Waals surface area contributed by atoms with Crippen LogP contribution in [0.4, 0.5) is 0 Å². The van der Waals surface area contributed by atoms with Crippen molar-refractivity contribution in [1.29, 1.82) is 0 Å². The number of halogens is 1. The molecule has 0 saturated carbocycles. The van der Waals surface area contributed by atoms with Gasteiger partial charge in [0.2, 0.25) is 0 Å². The van der Waals surface area contributed by atoms with Crippen LogP contribution < -0.4 is 0 Å². The van der Waals surface area contributed by atoms with Crippen LogP contribution in [-0.2, 0) is 11.2 Å². The molecule has 1 aromatic carbocycles. The Morgan fingerprint density at radius 3 is 2.67 bits per heavy atom. The van der Waals surface area contributed by atoms with Gasteiger partial charge in [-0.15, -0.1) is 0 Å². The number of carboxylic acids is 1. The predicted octanol–water partition coefficient (Wildman–Crippen LogP) is 3.67. The number of hydrogen-bond acceptors (Lipinski definition) is 2. The zero-order chi connectivity index (χ0) is 14.8. The molecule has 0 aliphatic carbocycles. The van der Waals surface area contributed by atoms with E-state index in [2.05, 4.69) is 4.98 Å². The van der Waals surface area contributed by atoms with Crippen LogP contribution in [0.1, 0.15) is 12.1 Å². The maximum atomic E-state index is 10.9. The molecular weight excluding hydrogens is 288 g/mol. The van der Waals surface area contributed by atoms with Crippen molar-refractivity contribution in [3.05, 3.63) is 59.4 Å². The Hall–Kier alpha value is -2.33. The lowest BCUT2D eigenvalue weighted by Gasteiger charge is -2.04. The molecule has 0 atom stereocenters. The van der Waals surface area contributed by atoms with Gasteiger partial charge < -0.3 is 9.51 Å². The summed E-state index contributed by atoms with van der Waals surface area (Å²) in [6, 6.07) is 13.4. The summed E-state index contributed by atoms with van der Waals surface area (Å²) in [5, 5.41) is 9.54. The molecule has 0 radical (unpaired) electrons. The van der Waals surface area contributed by atoms with Gasteiger partial charge in [-0.25, -0.2) is 4.98 Å². The molecule has 3 aromatic rings. The fraction of sp³-hybridized carbons (Fsp3) is 0.125. The summed E-state index contributed by atoms with van der Waals surface area (Å²) in [7, 11) is 0. The van der Waals surface area contributed by atoms with E-state index in [0.717, 1.165) is 22.6 Å². The van der Waals surface area contributed by atoms with Gasteiger partial charge in [0.25, 0.3) is 0 Å². The molecule has 21 heavy (non-hydrogen) atoms. The average Bonchev–Trinajstić information content (AvgIpc) is 2.84. The summed E-state index contributed by atoms with van der Waals surface area (Å²) in [6.45, 7) is 0. The number of aliphatic carboxylic acids is 1. The Labute approximate surface area is 126 Å². The van der Waals surface area contributed by atoms with Crippen molar-refractivity contribution in [2.75, 3.05) is 0 Å². The van der Waals surface area contributed by atoms with Crippen LogP contribution in [0, 0.1) is 0 Å². The number of carboxylic acid groups (broad SMARTS) is 1. The highest BCUT2D eigenvalue weighted by molar-refractivity contribution is 6.30. The highest BCUT2D eigenvalue weighted by Gasteiger charge is 2.15. The zero-order valence-corrected chi connectivity index (χ0v) is 11.9. The number of benzene rings is 1. The Balaban J connectivity index is 2.18. The molecule has 0 saturated heterocycles. The molecule has 0 aliphatic heterocycles. The second-order valence-corrected chi connectivity index (χ2v) is 5.18. The first kappa shape index (κ1) is 13.6. The number of imidazole rings is 1. The lowest BCUT2D eigenvalue weighted by Crippen LogP contribution is -2.01. The quantitative estimate of drug-likeness (QED) is 0.800. The van der Waals surface area contributed by atoms with Gasteiger partial charge in [0.1, 0.15) is 5.65 Å². The predicted molar refractivity (Wildman–Crippen MR) is 81.6 cm³/mol. The molecule has 4 nitrogen and oxygen atoms in total. The highest BCUT2D eigenvalue weighted by atomic mass is 35.5. The largest absolute Gasteiger partial charge is 0.481 e. The standard InChI is InChI=1S/C16H13ClN2O2/c17-12-6-8-14-18-16(11-4-2-1-3-5-11)13(19(14)10-12)7-9-15(20)21/h1-6,8,10H,7,9H2,(H,20,21). The van der Waals surface area contributed by atoms with Crippen LogP contribution in [0.3, 0.4) is 0 Å². The third kappa shape index (κ3) is 2.76. The molecule has 0 fully saturated rings. The van der Waals surface area contributed by atoms with E-state index in [1.165, 1.54) is 0 Å². The first-order valence-corrected chi connectivity index (χ1v) is 6.96. The lowest BCUT2D eigenvalue weighted by molar-refractivity contribution is -0.136. The van der Waals surface area contributed by atoms with Crippen molar-refractivity contribution >= 4 is 23.2 Å². The first-order chi connectivity index (χ1) is 10.1. The van der Waals surface area contributed by atoms with Crippen LogP contribution in [0.5, 0.6) is 0 Å². The minimum atomic E-state index is -0.828. The van der Waals surface area contributed by atoms with Gasteiger partial charge in [0.05, 0.1) is 22.8 Å². The molecular formula is C16H13ClN2O2. The van der Waals surface area contributed by atoms with E-state index in [1.54, 1.807) is 12.3 Å².